The normalized spacial score (nSPS) is 11.3. The lowest BCUT2D eigenvalue weighted by atomic mass is 10.2. The molecule has 0 aromatic heterocycles. The molecule has 1 rings (SSSR count). The van der Waals surface area contributed by atoms with E-state index in [0.717, 1.165) is 10.0 Å². The first-order chi connectivity index (χ1) is 5.74. The van der Waals surface area contributed by atoms with E-state index in [1.807, 2.05) is 24.3 Å². The van der Waals surface area contributed by atoms with Crippen molar-refractivity contribution < 1.29 is 4.79 Å². The fourth-order valence-electron chi connectivity index (χ4n) is 0.793. The zero-order valence-corrected chi connectivity index (χ0v) is 8.47. The summed E-state index contributed by atoms with van der Waals surface area (Å²) in [6.07, 6.45) is 1.99. The number of carbonyl (C=O) groups is 1. The molecule has 0 aliphatic heterocycles. The van der Waals surface area contributed by atoms with E-state index in [1.165, 1.54) is 6.08 Å². The van der Waals surface area contributed by atoms with Gasteiger partial charge in [-0.2, -0.15) is 0 Å². The minimum Gasteiger partial charge on any atom is -0.299 e. The van der Waals surface area contributed by atoms with E-state index < -0.39 is 0 Å². The molecular weight excluding hydrogens is 239 g/mol. The number of hydrogen-bond acceptors (Lipinski definition) is 1. The van der Waals surface area contributed by atoms with Gasteiger partial charge < -0.3 is 0 Å². The number of carbonyl (C=O) groups excluding carboxylic acids is 1. The summed E-state index contributed by atoms with van der Waals surface area (Å²) in [5, 5.41) is 0.450. The average molecular weight is 246 g/mol. The topological polar surface area (TPSA) is 17.1 Å². The number of hydrogen-bond donors (Lipinski definition) is 0. The number of benzene rings is 1. The van der Waals surface area contributed by atoms with Crippen molar-refractivity contribution in [2.45, 2.75) is 0 Å². The summed E-state index contributed by atoms with van der Waals surface area (Å²) in [6, 6.07) is 7.45. The SMILES string of the molecule is O=C/C=C(/Cl)c1cccc(Br)c1. The smallest absolute Gasteiger partial charge is 0.144 e. The molecule has 62 valence electrons. The summed E-state index contributed by atoms with van der Waals surface area (Å²) in [7, 11) is 0. The van der Waals surface area contributed by atoms with Crippen LogP contribution in [0.1, 0.15) is 5.56 Å². The molecule has 0 amide bonds. The quantitative estimate of drug-likeness (QED) is 0.577. The van der Waals surface area contributed by atoms with E-state index in [1.54, 1.807) is 0 Å². The second-order valence-electron chi connectivity index (χ2n) is 2.16. The van der Waals surface area contributed by atoms with Crippen molar-refractivity contribution in [3.8, 4) is 0 Å². The maximum absolute atomic E-state index is 10.1. The third-order valence-electron chi connectivity index (χ3n) is 1.31. The van der Waals surface area contributed by atoms with Gasteiger partial charge >= 0.3 is 0 Å². The molecular formula is C9H6BrClO. The lowest BCUT2D eigenvalue weighted by Gasteiger charge is -1.97. The lowest BCUT2D eigenvalue weighted by Crippen LogP contribution is -1.77. The van der Waals surface area contributed by atoms with Crippen molar-refractivity contribution in [1.82, 2.24) is 0 Å². The van der Waals surface area contributed by atoms with Gasteiger partial charge in [-0.15, -0.1) is 0 Å². The fourth-order valence-corrected chi connectivity index (χ4v) is 1.36. The molecule has 0 unspecified atom stereocenters. The molecule has 0 radical (unpaired) electrons. The third-order valence-corrected chi connectivity index (χ3v) is 2.15. The van der Waals surface area contributed by atoms with Crippen molar-refractivity contribution in [3.63, 3.8) is 0 Å². The van der Waals surface area contributed by atoms with Crippen LogP contribution in [0, 0.1) is 0 Å². The van der Waals surface area contributed by atoms with Crippen molar-refractivity contribution in [2.24, 2.45) is 0 Å². The molecule has 0 spiro atoms. The molecule has 0 saturated carbocycles. The van der Waals surface area contributed by atoms with Gasteiger partial charge in [0.05, 0.1) is 5.03 Å². The Morgan fingerprint density at radius 1 is 1.50 bits per heavy atom. The average Bonchev–Trinajstić information content (AvgIpc) is 2.05. The van der Waals surface area contributed by atoms with E-state index in [2.05, 4.69) is 15.9 Å². The highest BCUT2D eigenvalue weighted by atomic mass is 79.9. The first-order valence-electron chi connectivity index (χ1n) is 3.31. The molecule has 0 aliphatic rings. The molecule has 0 fully saturated rings. The predicted molar refractivity (Wildman–Crippen MR) is 54.0 cm³/mol. The van der Waals surface area contributed by atoms with E-state index in [9.17, 15) is 4.79 Å². The summed E-state index contributed by atoms with van der Waals surface area (Å²) < 4.78 is 0.942. The number of allylic oxidation sites excluding steroid dienone is 1. The van der Waals surface area contributed by atoms with E-state index in [4.69, 9.17) is 11.6 Å². The molecule has 0 bridgehead atoms. The van der Waals surface area contributed by atoms with E-state index in [-0.39, 0.29) is 0 Å². The minimum absolute atomic E-state index is 0.450. The largest absolute Gasteiger partial charge is 0.299 e. The van der Waals surface area contributed by atoms with Crippen LogP contribution in [0.3, 0.4) is 0 Å². The van der Waals surface area contributed by atoms with Gasteiger partial charge in [-0.3, -0.25) is 4.79 Å². The highest BCUT2D eigenvalue weighted by Gasteiger charge is 1.96. The zero-order valence-electron chi connectivity index (χ0n) is 6.13. The van der Waals surface area contributed by atoms with Gasteiger partial charge in [-0.1, -0.05) is 39.7 Å². The molecule has 12 heavy (non-hydrogen) atoms. The Balaban J connectivity index is 3.03. The number of halogens is 2. The highest BCUT2D eigenvalue weighted by molar-refractivity contribution is 9.10. The van der Waals surface area contributed by atoms with Crippen LogP contribution in [0.25, 0.3) is 5.03 Å². The Morgan fingerprint density at radius 3 is 2.83 bits per heavy atom. The van der Waals surface area contributed by atoms with Crippen molar-refractivity contribution in [3.05, 3.63) is 40.4 Å². The standard InChI is InChI=1S/C9H6BrClO/c10-8-3-1-2-7(6-8)9(11)4-5-12/h1-6H/b9-4+. The van der Waals surface area contributed by atoms with Crippen molar-refractivity contribution in [2.75, 3.05) is 0 Å². The van der Waals surface area contributed by atoms with Crippen LogP contribution in [0.5, 0.6) is 0 Å². The highest BCUT2D eigenvalue weighted by Crippen LogP contribution is 2.21. The van der Waals surface area contributed by atoms with Crippen molar-refractivity contribution >= 4 is 38.8 Å². The predicted octanol–water partition coefficient (Wildman–Crippen LogP) is 3.23. The Morgan fingerprint density at radius 2 is 2.25 bits per heavy atom. The molecule has 0 aliphatic carbocycles. The molecule has 0 heterocycles. The zero-order chi connectivity index (χ0) is 8.97. The summed E-state index contributed by atoms with van der Waals surface area (Å²) in [5.41, 5.74) is 0.832. The molecule has 3 heteroatoms. The second kappa shape index (κ2) is 4.43. The van der Waals surface area contributed by atoms with E-state index >= 15 is 0 Å². The Labute approximate surface area is 84.2 Å². The maximum Gasteiger partial charge on any atom is 0.144 e. The summed E-state index contributed by atoms with van der Waals surface area (Å²) in [6.45, 7) is 0. The summed E-state index contributed by atoms with van der Waals surface area (Å²) in [5.74, 6) is 0. The van der Waals surface area contributed by atoms with Crippen LogP contribution in [0.15, 0.2) is 34.8 Å². The molecule has 1 nitrogen and oxygen atoms in total. The van der Waals surface area contributed by atoms with Crippen LogP contribution in [0.4, 0.5) is 0 Å². The van der Waals surface area contributed by atoms with Crippen LogP contribution >= 0.6 is 27.5 Å². The second-order valence-corrected chi connectivity index (χ2v) is 3.48. The van der Waals surface area contributed by atoms with Gasteiger partial charge in [0.2, 0.25) is 0 Å². The van der Waals surface area contributed by atoms with Gasteiger partial charge in [-0.25, -0.2) is 0 Å². The molecule has 1 aromatic rings. The van der Waals surface area contributed by atoms with Gasteiger partial charge in [0, 0.05) is 4.47 Å². The summed E-state index contributed by atoms with van der Waals surface area (Å²) in [4.78, 5) is 10.1. The Bertz CT molecular complexity index is 320. The van der Waals surface area contributed by atoms with Gasteiger partial charge in [-0.05, 0) is 23.8 Å². The summed E-state index contributed by atoms with van der Waals surface area (Å²) >= 11 is 9.09. The minimum atomic E-state index is 0.450. The first kappa shape index (κ1) is 9.49. The Hall–Kier alpha value is -0.600. The van der Waals surface area contributed by atoms with Crippen LogP contribution in [-0.2, 0) is 4.79 Å². The first-order valence-corrected chi connectivity index (χ1v) is 4.48. The third kappa shape index (κ3) is 2.47. The maximum atomic E-state index is 10.1. The van der Waals surface area contributed by atoms with Crippen LogP contribution < -0.4 is 0 Å². The number of aldehydes is 1. The van der Waals surface area contributed by atoms with Crippen molar-refractivity contribution in [1.29, 1.82) is 0 Å². The van der Waals surface area contributed by atoms with Gasteiger partial charge in [0.25, 0.3) is 0 Å². The molecule has 1 aromatic carbocycles. The van der Waals surface area contributed by atoms with Crippen LogP contribution in [-0.4, -0.2) is 6.29 Å². The van der Waals surface area contributed by atoms with Gasteiger partial charge in [0.1, 0.15) is 6.29 Å². The van der Waals surface area contributed by atoms with Crippen LogP contribution in [0.2, 0.25) is 0 Å². The lowest BCUT2D eigenvalue weighted by molar-refractivity contribution is -0.104. The number of rotatable bonds is 2. The Kier molecular flexibility index (Phi) is 3.50. The fraction of sp³-hybridized carbons (Fsp3) is 0. The monoisotopic (exact) mass is 244 g/mol. The molecule has 0 atom stereocenters. The van der Waals surface area contributed by atoms with E-state index in [0.29, 0.717) is 11.3 Å². The molecule has 0 N–H and O–H groups in total. The molecule has 0 saturated heterocycles. The van der Waals surface area contributed by atoms with Gasteiger partial charge in [0.15, 0.2) is 0 Å².